The third kappa shape index (κ3) is 2.20. The van der Waals surface area contributed by atoms with Gasteiger partial charge in [0.2, 0.25) is 0 Å². The van der Waals surface area contributed by atoms with E-state index >= 15 is 0 Å². The van der Waals surface area contributed by atoms with Gasteiger partial charge in [0.15, 0.2) is 5.43 Å². The summed E-state index contributed by atoms with van der Waals surface area (Å²) in [6.45, 7) is 3.86. The van der Waals surface area contributed by atoms with Crippen LogP contribution in [-0.4, -0.2) is 4.57 Å². The van der Waals surface area contributed by atoms with Crippen LogP contribution in [0, 0.1) is 25.2 Å². The Morgan fingerprint density at radius 1 is 1.11 bits per heavy atom. The molecule has 2 rings (SSSR count). The summed E-state index contributed by atoms with van der Waals surface area (Å²) in [6.07, 6.45) is 6.41. The number of nitriles is 1. The standard InChI is InChI=1S/C15H20N2O/c1-12-9-14(18)10-13(2)17(12)15(11-16)7-5-3-4-6-8-15/h9-10H,3-8H2,1-2H3. The summed E-state index contributed by atoms with van der Waals surface area (Å²) in [5, 5.41) is 9.69. The van der Waals surface area contributed by atoms with Gasteiger partial charge in [-0.15, -0.1) is 0 Å². The van der Waals surface area contributed by atoms with Gasteiger partial charge >= 0.3 is 0 Å². The van der Waals surface area contributed by atoms with Crippen LogP contribution in [0.4, 0.5) is 0 Å². The average Bonchev–Trinajstić information content (AvgIpc) is 2.54. The largest absolute Gasteiger partial charge is 0.330 e. The normalized spacial score (nSPS) is 18.9. The highest BCUT2D eigenvalue weighted by molar-refractivity contribution is 5.20. The third-order valence-electron chi connectivity index (χ3n) is 3.97. The number of aryl methyl sites for hydroxylation is 2. The fourth-order valence-electron chi connectivity index (χ4n) is 3.23. The van der Waals surface area contributed by atoms with Gasteiger partial charge in [-0.25, -0.2) is 0 Å². The molecule has 0 amide bonds. The zero-order chi connectivity index (χ0) is 13.2. The summed E-state index contributed by atoms with van der Waals surface area (Å²) in [5.41, 5.74) is 1.40. The minimum atomic E-state index is -0.446. The third-order valence-corrected chi connectivity index (χ3v) is 3.97. The van der Waals surface area contributed by atoms with Gasteiger partial charge < -0.3 is 4.57 Å². The number of hydrogen-bond acceptors (Lipinski definition) is 2. The van der Waals surface area contributed by atoms with E-state index in [9.17, 15) is 10.1 Å². The Kier molecular flexibility index (Phi) is 3.56. The first kappa shape index (κ1) is 12.9. The highest BCUT2D eigenvalue weighted by Gasteiger charge is 2.34. The molecule has 1 fully saturated rings. The summed E-state index contributed by atoms with van der Waals surface area (Å²) in [7, 11) is 0. The van der Waals surface area contributed by atoms with Crippen LogP contribution in [0.3, 0.4) is 0 Å². The number of rotatable bonds is 1. The van der Waals surface area contributed by atoms with E-state index in [1.807, 2.05) is 13.8 Å². The molecule has 1 aliphatic carbocycles. The molecule has 3 heteroatoms. The second-order valence-electron chi connectivity index (χ2n) is 5.37. The van der Waals surface area contributed by atoms with E-state index < -0.39 is 5.54 Å². The van der Waals surface area contributed by atoms with Crippen LogP contribution >= 0.6 is 0 Å². The molecule has 0 spiro atoms. The first-order valence-corrected chi connectivity index (χ1v) is 6.71. The average molecular weight is 244 g/mol. The lowest BCUT2D eigenvalue weighted by molar-refractivity contribution is 0.320. The number of pyridine rings is 1. The summed E-state index contributed by atoms with van der Waals surface area (Å²) < 4.78 is 2.08. The van der Waals surface area contributed by atoms with Crippen molar-refractivity contribution in [1.82, 2.24) is 4.57 Å². The second kappa shape index (κ2) is 4.97. The van der Waals surface area contributed by atoms with Crippen molar-refractivity contribution in [2.24, 2.45) is 0 Å². The predicted molar refractivity (Wildman–Crippen MR) is 71.5 cm³/mol. The molecule has 3 nitrogen and oxygen atoms in total. The molecule has 18 heavy (non-hydrogen) atoms. The van der Waals surface area contributed by atoms with E-state index in [4.69, 9.17) is 0 Å². The van der Waals surface area contributed by atoms with E-state index in [0.717, 1.165) is 37.1 Å². The summed E-state index contributed by atoms with van der Waals surface area (Å²) in [6, 6.07) is 5.81. The van der Waals surface area contributed by atoms with Gasteiger partial charge in [-0.05, 0) is 26.7 Å². The van der Waals surface area contributed by atoms with Crippen molar-refractivity contribution < 1.29 is 0 Å². The molecule has 1 aromatic heterocycles. The molecular weight excluding hydrogens is 224 g/mol. The van der Waals surface area contributed by atoms with Crippen LogP contribution in [0.25, 0.3) is 0 Å². The Bertz CT molecular complexity index is 502. The lowest BCUT2D eigenvalue weighted by atomic mass is 9.90. The van der Waals surface area contributed by atoms with Crippen LogP contribution in [-0.2, 0) is 5.54 Å². The Morgan fingerprint density at radius 2 is 1.61 bits per heavy atom. The molecule has 0 radical (unpaired) electrons. The first-order chi connectivity index (χ1) is 8.59. The number of hydrogen-bond donors (Lipinski definition) is 0. The van der Waals surface area contributed by atoms with Crippen molar-refractivity contribution in [3.8, 4) is 6.07 Å². The summed E-state index contributed by atoms with van der Waals surface area (Å²) >= 11 is 0. The van der Waals surface area contributed by atoms with Gasteiger partial charge in [0.05, 0.1) is 6.07 Å². The number of aromatic nitrogens is 1. The van der Waals surface area contributed by atoms with Crippen LogP contribution in [0.15, 0.2) is 16.9 Å². The molecule has 1 aromatic rings. The zero-order valence-electron chi connectivity index (χ0n) is 11.2. The van der Waals surface area contributed by atoms with E-state index in [1.54, 1.807) is 12.1 Å². The maximum absolute atomic E-state index is 11.5. The quantitative estimate of drug-likeness (QED) is 0.713. The van der Waals surface area contributed by atoms with Crippen molar-refractivity contribution in [2.75, 3.05) is 0 Å². The van der Waals surface area contributed by atoms with Crippen LogP contribution < -0.4 is 5.43 Å². The zero-order valence-corrected chi connectivity index (χ0v) is 11.2. The monoisotopic (exact) mass is 244 g/mol. The SMILES string of the molecule is Cc1cc(=O)cc(C)n1C1(C#N)CCCCCC1. The molecule has 1 aliphatic rings. The van der Waals surface area contributed by atoms with E-state index in [-0.39, 0.29) is 5.43 Å². The second-order valence-corrected chi connectivity index (χ2v) is 5.37. The highest BCUT2D eigenvalue weighted by Crippen LogP contribution is 2.34. The van der Waals surface area contributed by atoms with E-state index in [0.29, 0.717) is 0 Å². The van der Waals surface area contributed by atoms with E-state index in [1.165, 1.54) is 12.8 Å². The molecule has 0 saturated heterocycles. The van der Waals surface area contributed by atoms with Gasteiger partial charge in [-0.1, -0.05) is 25.7 Å². The highest BCUT2D eigenvalue weighted by atomic mass is 16.1. The lowest BCUT2D eigenvalue weighted by Gasteiger charge is -2.32. The maximum Gasteiger partial charge on any atom is 0.182 e. The predicted octanol–water partition coefficient (Wildman–Crippen LogP) is 3.04. The summed E-state index contributed by atoms with van der Waals surface area (Å²) in [5.74, 6) is 0. The molecule has 1 saturated carbocycles. The topological polar surface area (TPSA) is 45.8 Å². The Balaban J connectivity index is 2.57. The van der Waals surface area contributed by atoms with Crippen molar-refractivity contribution in [3.05, 3.63) is 33.7 Å². The van der Waals surface area contributed by atoms with E-state index in [2.05, 4.69) is 10.6 Å². The molecule has 0 aliphatic heterocycles. The van der Waals surface area contributed by atoms with Crippen LogP contribution in [0.2, 0.25) is 0 Å². The molecule has 0 aromatic carbocycles. The Hall–Kier alpha value is -1.56. The van der Waals surface area contributed by atoms with Crippen molar-refractivity contribution in [2.45, 2.75) is 57.9 Å². The molecule has 0 atom stereocenters. The lowest BCUT2D eigenvalue weighted by Crippen LogP contribution is -2.35. The van der Waals surface area contributed by atoms with Gasteiger partial charge in [-0.3, -0.25) is 4.79 Å². The van der Waals surface area contributed by atoms with Crippen molar-refractivity contribution >= 4 is 0 Å². The van der Waals surface area contributed by atoms with Gasteiger partial charge in [-0.2, -0.15) is 5.26 Å². The minimum Gasteiger partial charge on any atom is -0.330 e. The number of nitrogens with zero attached hydrogens (tertiary/aromatic N) is 2. The van der Waals surface area contributed by atoms with Crippen LogP contribution in [0.5, 0.6) is 0 Å². The van der Waals surface area contributed by atoms with Crippen LogP contribution in [0.1, 0.15) is 49.9 Å². The Morgan fingerprint density at radius 3 is 2.06 bits per heavy atom. The molecule has 0 N–H and O–H groups in total. The fourth-order valence-corrected chi connectivity index (χ4v) is 3.23. The minimum absolute atomic E-state index is 0.0305. The van der Waals surface area contributed by atoms with Crippen molar-refractivity contribution in [1.29, 1.82) is 5.26 Å². The summed E-state index contributed by atoms with van der Waals surface area (Å²) in [4.78, 5) is 11.5. The molecule has 0 bridgehead atoms. The van der Waals surface area contributed by atoms with Gasteiger partial charge in [0, 0.05) is 23.5 Å². The van der Waals surface area contributed by atoms with Gasteiger partial charge in [0.1, 0.15) is 5.54 Å². The van der Waals surface area contributed by atoms with Crippen molar-refractivity contribution in [3.63, 3.8) is 0 Å². The fraction of sp³-hybridized carbons (Fsp3) is 0.600. The molecule has 0 unspecified atom stereocenters. The van der Waals surface area contributed by atoms with Gasteiger partial charge in [0.25, 0.3) is 0 Å². The Labute approximate surface area is 108 Å². The maximum atomic E-state index is 11.5. The smallest absolute Gasteiger partial charge is 0.182 e. The molecule has 1 heterocycles. The first-order valence-electron chi connectivity index (χ1n) is 6.71. The molecule has 96 valence electrons. The molecular formula is C15H20N2O.